The molecule has 0 heterocycles. The minimum Gasteiger partial charge on any atom is -0.507 e. The number of hydrogen-bond donors (Lipinski definition) is 2. The van der Waals surface area contributed by atoms with Gasteiger partial charge in [-0.25, -0.2) is 5.90 Å². The van der Waals surface area contributed by atoms with Gasteiger partial charge in [-0.3, -0.25) is 4.84 Å². The monoisotopic (exact) mass is 181 g/mol. The van der Waals surface area contributed by atoms with Gasteiger partial charge in [-0.05, 0) is 49.6 Å². The Labute approximate surface area is 78.1 Å². The first kappa shape index (κ1) is 10.0. The second-order valence-electron chi connectivity index (χ2n) is 3.28. The maximum atomic E-state index is 9.51. The minimum absolute atomic E-state index is 0.141. The van der Waals surface area contributed by atoms with Crippen molar-refractivity contribution in [2.75, 3.05) is 0 Å². The molecule has 0 aliphatic heterocycles. The van der Waals surface area contributed by atoms with Gasteiger partial charge in [0.2, 0.25) is 0 Å². The van der Waals surface area contributed by atoms with Gasteiger partial charge in [0.05, 0.1) is 0 Å². The van der Waals surface area contributed by atoms with Gasteiger partial charge >= 0.3 is 0 Å². The third kappa shape index (κ3) is 1.99. The highest BCUT2D eigenvalue weighted by molar-refractivity contribution is 5.42. The van der Waals surface area contributed by atoms with Crippen molar-refractivity contribution in [1.82, 2.24) is 0 Å². The Balaban J connectivity index is 3.13. The topological polar surface area (TPSA) is 55.5 Å². The van der Waals surface area contributed by atoms with Crippen LogP contribution in [-0.4, -0.2) is 5.11 Å². The van der Waals surface area contributed by atoms with Gasteiger partial charge in [0.1, 0.15) is 11.9 Å². The van der Waals surface area contributed by atoms with E-state index in [2.05, 4.69) is 0 Å². The third-order valence-electron chi connectivity index (χ3n) is 2.19. The lowest BCUT2D eigenvalue weighted by Gasteiger charge is -2.12. The van der Waals surface area contributed by atoms with E-state index in [1.54, 1.807) is 0 Å². The van der Waals surface area contributed by atoms with Crippen LogP contribution in [0.4, 0.5) is 0 Å². The summed E-state index contributed by atoms with van der Waals surface area (Å²) in [4.78, 5) is 4.70. The second kappa shape index (κ2) is 3.77. The van der Waals surface area contributed by atoms with Gasteiger partial charge in [0.15, 0.2) is 0 Å². The lowest BCUT2D eigenvalue weighted by Crippen LogP contribution is -2.05. The molecule has 1 unspecified atom stereocenters. The van der Waals surface area contributed by atoms with Crippen molar-refractivity contribution in [3.8, 4) is 5.75 Å². The van der Waals surface area contributed by atoms with E-state index in [9.17, 15) is 5.11 Å². The predicted molar refractivity (Wildman–Crippen MR) is 51.3 cm³/mol. The molecule has 3 heteroatoms. The molecular formula is C10H15NO2. The molecule has 0 fully saturated rings. The summed E-state index contributed by atoms with van der Waals surface area (Å²) in [5, 5.41) is 9.51. The number of benzene rings is 1. The fourth-order valence-corrected chi connectivity index (χ4v) is 1.30. The van der Waals surface area contributed by atoms with Crippen molar-refractivity contribution in [2.24, 2.45) is 5.90 Å². The standard InChI is InChI=1S/C10H15NO2/c1-6-4-9(8(3)13-11)5-7(2)10(6)12/h4-5,8,12H,11H2,1-3H3. The van der Waals surface area contributed by atoms with Crippen LogP contribution < -0.4 is 5.90 Å². The summed E-state index contributed by atoms with van der Waals surface area (Å²) < 4.78 is 0. The molecule has 0 aliphatic carbocycles. The number of aromatic hydroxyl groups is 1. The molecule has 3 N–H and O–H groups in total. The van der Waals surface area contributed by atoms with Crippen molar-refractivity contribution >= 4 is 0 Å². The smallest absolute Gasteiger partial charge is 0.121 e. The molecule has 13 heavy (non-hydrogen) atoms. The largest absolute Gasteiger partial charge is 0.507 e. The van der Waals surface area contributed by atoms with E-state index < -0.39 is 0 Å². The van der Waals surface area contributed by atoms with E-state index in [1.165, 1.54) is 0 Å². The maximum absolute atomic E-state index is 9.51. The van der Waals surface area contributed by atoms with E-state index >= 15 is 0 Å². The molecule has 0 aliphatic rings. The molecule has 1 aromatic carbocycles. The SMILES string of the molecule is Cc1cc(C(C)ON)cc(C)c1O. The highest BCUT2D eigenvalue weighted by atomic mass is 16.6. The van der Waals surface area contributed by atoms with Crippen LogP contribution in [-0.2, 0) is 4.84 Å². The zero-order valence-corrected chi connectivity index (χ0v) is 8.16. The van der Waals surface area contributed by atoms with Crippen LogP contribution in [0.1, 0.15) is 29.7 Å². The van der Waals surface area contributed by atoms with E-state index in [4.69, 9.17) is 10.7 Å². The van der Waals surface area contributed by atoms with Crippen LogP contribution in [0.25, 0.3) is 0 Å². The Morgan fingerprint density at radius 3 is 2.15 bits per heavy atom. The quantitative estimate of drug-likeness (QED) is 0.686. The third-order valence-corrected chi connectivity index (χ3v) is 2.19. The lowest BCUT2D eigenvalue weighted by atomic mass is 10.0. The summed E-state index contributed by atoms with van der Waals surface area (Å²) in [6.07, 6.45) is -0.141. The summed E-state index contributed by atoms with van der Waals surface area (Å²) >= 11 is 0. The summed E-state index contributed by atoms with van der Waals surface area (Å²) in [5.41, 5.74) is 2.67. The zero-order chi connectivity index (χ0) is 10.0. The first-order chi connectivity index (χ1) is 6.06. The molecular weight excluding hydrogens is 166 g/mol. The Bertz CT molecular complexity index is 287. The van der Waals surface area contributed by atoms with Gasteiger partial charge in [0.25, 0.3) is 0 Å². The molecule has 0 saturated carbocycles. The molecule has 0 bridgehead atoms. The Morgan fingerprint density at radius 2 is 1.77 bits per heavy atom. The normalized spacial score (nSPS) is 12.9. The Kier molecular flexibility index (Phi) is 2.90. The van der Waals surface area contributed by atoms with Crippen LogP contribution in [0.3, 0.4) is 0 Å². The average Bonchev–Trinajstić information content (AvgIpc) is 2.12. The fraction of sp³-hybridized carbons (Fsp3) is 0.400. The molecule has 1 atom stereocenters. The lowest BCUT2D eigenvalue weighted by molar-refractivity contribution is 0.0663. The van der Waals surface area contributed by atoms with Gasteiger partial charge < -0.3 is 5.11 Å². The summed E-state index contributed by atoms with van der Waals surface area (Å²) in [6.45, 7) is 5.58. The zero-order valence-electron chi connectivity index (χ0n) is 8.16. The molecule has 0 spiro atoms. The van der Waals surface area contributed by atoms with Crippen LogP contribution in [0, 0.1) is 13.8 Å². The fourth-order valence-electron chi connectivity index (χ4n) is 1.30. The first-order valence-corrected chi connectivity index (χ1v) is 4.22. The van der Waals surface area contributed by atoms with Crippen LogP contribution in [0.5, 0.6) is 5.75 Å². The molecule has 0 radical (unpaired) electrons. The summed E-state index contributed by atoms with van der Waals surface area (Å²) in [6, 6.07) is 3.75. The van der Waals surface area contributed by atoms with E-state index in [1.807, 2.05) is 32.9 Å². The van der Waals surface area contributed by atoms with Crippen molar-refractivity contribution in [2.45, 2.75) is 26.9 Å². The van der Waals surface area contributed by atoms with Crippen molar-refractivity contribution in [1.29, 1.82) is 0 Å². The highest BCUT2D eigenvalue weighted by Crippen LogP contribution is 2.26. The number of aryl methyl sites for hydroxylation is 2. The number of nitrogens with two attached hydrogens (primary N) is 1. The van der Waals surface area contributed by atoms with Crippen LogP contribution in [0.15, 0.2) is 12.1 Å². The van der Waals surface area contributed by atoms with Gasteiger partial charge in [-0.1, -0.05) is 0 Å². The molecule has 72 valence electrons. The van der Waals surface area contributed by atoms with Crippen LogP contribution >= 0.6 is 0 Å². The second-order valence-corrected chi connectivity index (χ2v) is 3.28. The van der Waals surface area contributed by atoms with Gasteiger partial charge in [-0.2, -0.15) is 0 Å². The minimum atomic E-state index is -0.141. The Morgan fingerprint density at radius 1 is 1.31 bits per heavy atom. The number of hydrogen-bond acceptors (Lipinski definition) is 3. The Hall–Kier alpha value is -1.06. The van der Waals surface area contributed by atoms with E-state index in [0.29, 0.717) is 5.75 Å². The molecule has 3 nitrogen and oxygen atoms in total. The summed E-state index contributed by atoms with van der Waals surface area (Å²) in [7, 11) is 0. The number of phenolic OH excluding ortho intramolecular Hbond substituents is 1. The average molecular weight is 181 g/mol. The molecule has 0 saturated heterocycles. The predicted octanol–water partition coefficient (Wildman–Crippen LogP) is 1.96. The van der Waals surface area contributed by atoms with Crippen molar-refractivity contribution < 1.29 is 9.94 Å². The van der Waals surface area contributed by atoms with Crippen molar-refractivity contribution in [3.63, 3.8) is 0 Å². The van der Waals surface area contributed by atoms with Gasteiger partial charge in [0, 0.05) is 0 Å². The number of rotatable bonds is 2. The molecule has 1 rings (SSSR count). The molecule has 0 amide bonds. The maximum Gasteiger partial charge on any atom is 0.121 e. The molecule has 1 aromatic rings. The summed E-state index contributed by atoms with van der Waals surface area (Å²) in [5.74, 6) is 5.42. The van der Waals surface area contributed by atoms with Crippen molar-refractivity contribution in [3.05, 3.63) is 28.8 Å². The van der Waals surface area contributed by atoms with E-state index in [-0.39, 0.29) is 6.10 Å². The molecule has 0 aromatic heterocycles. The van der Waals surface area contributed by atoms with E-state index in [0.717, 1.165) is 16.7 Å². The van der Waals surface area contributed by atoms with Gasteiger partial charge in [-0.15, -0.1) is 0 Å². The van der Waals surface area contributed by atoms with Crippen LogP contribution in [0.2, 0.25) is 0 Å². The highest BCUT2D eigenvalue weighted by Gasteiger charge is 2.08. The first-order valence-electron chi connectivity index (χ1n) is 4.22. The number of phenols is 1.